The quantitative estimate of drug-likeness (QED) is 0.473. The first-order valence-electron chi connectivity index (χ1n) is 8.47. The molecule has 3 rings (SSSR count). The molecule has 7 heteroatoms. The monoisotopic (exact) mass is 397 g/mol. The van der Waals surface area contributed by atoms with Gasteiger partial charge in [0.15, 0.2) is 5.11 Å². The van der Waals surface area contributed by atoms with Crippen LogP contribution >= 0.6 is 23.6 Å². The minimum absolute atomic E-state index is 0.318. The van der Waals surface area contributed by atoms with Crippen LogP contribution in [0.1, 0.15) is 22.8 Å². The molecule has 2 heterocycles. The number of ether oxygens (including phenoxy) is 1. The molecule has 0 aliphatic rings. The molecule has 138 valence electrons. The summed E-state index contributed by atoms with van der Waals surface area (Å²) in [5.41, 5.74) is 2.53. The summed E-state index contributed by atoms with van der Waals surface area (Å²) < 4.78 is 5.18. The lowest BCUT2D eigenvalue weighted by Gasteiger charge is -2.10. The Balaban J connectivity index is 1.77. The van der Waals surface area contributed by atoms with Crippen molar-refractivity contribution in [2.75, 3.05) is 11.9 Å². The number of carbonyl (C=O) groups excluding carboxylic acids is 1. The number of hydrogen-bond acceptors (Lipinski definition) is 5. The zero-order valence-electron chi connectivity index (χ0n) is 14.8. The van der Waals surface area contributed by atoms with Gasteiger partial charge in [-0.25, -0.2) is 4.79 Å². The molecule has 0 bridgehead atoms. The van der Waals surface area contributed by atoms with Crippen molar-refractivity contribution in [3.63, 3.8) is 0 Å². The van der Waals surface area contributed by atoms with Gasteiger partial charge in [0.25, 0.3) is 0 Å². The van der Waals surface area contributed by atoms with Crippen LogP contribution in [0.5, 0.6) is 0 Å². The van der Waals surface area contributed by atoms with E-state index in [1.807, 2.05) is 48.5 Å². The SMILES string of the molecule is CCOC(=O)c1cc(-c2ccccc2)sc1NC(=S)NCc1cccnc1. The first-order valence-corrected chi connectivity index (χ1v) is 9.70. The number of rotatable bonds is 6. The topological polar surface area (TPSA) is 63.2 Å². The van der Waals surface area contributed by atoms with Gasteiger partial charge < -0.3 is 15.4 Å². The van der Waals surface area contributed by atoms with Crippen molar-refractivity contribution in [2.45, 2.75) is 13.5 Å². The number of pyridine rings is 1. The van der Waals surface area contributed by atoms with E-state index in [4.69, 9.17) is 17.0 Å². The number of esters is 1. The third kappa shape index (κ3) is 5.12. The molecule has 0 saturated carbocycles. The van der Waals surface area contributed by atoms with Crippen LogP contribution in [0.3, 0.4) is 0 Å². The molecule has 1 aromatic carbocycles. The molecule has 0 aliphatic carbocycles. The standard InChI is InChI=1S/C20H19N3O2S2/c1-2-25-19(24)16-11-17(15-8-4-3-5-9-15)27-18(16)23-20(26)22-13-14-7-6-10-21-12-14/h3-12H,2,13H2,1H3,(H2,22,23,26). The Kier molecular flexibility index (Phi) is 6.51. The summed E-state index contributed by atoms with van der Waals surface area (Å²) in [6.45, 7) is 2.65. The molecule has 0 aliphatic heterocycles. The average Bonchev–Trinajstić information content (AvgIpc) is 3.12. The minimum atomic E-state index is -0.367. The summed E-state index contributed by atoms with van der Waals surface area (Å²) in [6, 6.07) is 15.6. The van der Waals surface area contributed by atoms with E-state index in [0.717, 1.165) is 16.0 Å². The Bertz CT molecular complexity index is 911. The number of aromatic nitrogens is 1. The molecule has 0 fully saturated rings. The van der Waals surface area contributed by atoms with Gasteiger partial charge in [-0.05, 0) is 42.4 Å². The number of nitrogens with one attached hydrogen (secondary N) is 2. The van der Waals surface area contributed by atoms with Crippen LogP contribution in [-0.2, 0) is 11.3 Å². The molecule has 27 heavy (non-hydrogen) atoms. The molecule has 0 radical (unpaired) electrons. The fourth-order valence-corrected chi connectivity index (χ4v) is 3.72. The predicted molar refractivity (Wildman–Crippen MR) is 113 cm³/mol. The Hall–Kier alpha value is -2.77. The maximum Gasteiger partial charge on any atom is 0.341 e. The number of thiocarbonyl (C=S) groups is 1. The summed E-state index contributed by atoms with van der Waals surface area (Å²) in [6.07, 6.45) is 3.50. The fourth-order valence-electron chi connectivity index (χ4n) is 2.42. The van der Waals surface area contributed by atoms with Gasteiger partial charge in [0.2, 0.25) is 0 Å². The Labute approximate surface area is 167 Å². The van der Waals surface area contributed by atoms with Crippen molar-refractivity contribution < 1.29 is 9.53 Å². The van der Waals surface area contributed by atoms with Gasteiger partial charge in [0.1, 0.15) is 5.00 Å². The van der Waals surface area contributed by atoms with Crippen molar-refractivity contribution in [1.29, 1.82) is 0 Å². The van der Waals surface area contributed by atoms with Gasteiger partial charge in [-0.2, -0.15) is 0 Å². The zero-order chi connectivity index (χ0) is 19.1. The van der Waals surface area contributed by atoms with Crippen molar-refractivity contribution in [3.05, 3.63) is 72.1 Å². The molecule has 0 unspecified atom stereocenters. The maximum absolute atomic E-state index is 12.3. The van der Waals surface area contributed by atoms with Crippen LogP contribution < -0.4 is 10.6 Å². The summed E-state index contributed by atoms with van der Waals surface area (Å²) >= 11 is 6.85. The summed E-state index contributed by atoms with van der Waals surface area (Å²) in [5, 5.41) is 7.36. The molecule has 0 atom stereocenters. The number of carbonyl (C=O) groups is 1. The van der Waals surface area contributed by atoms with Crippen molar-refractivity contribution in [3.8, 4) is 10.4 Å². The lowest BCUT2D eigenvalue weighted by Crippen LogP contribution is -2.28. The second-order valence-corrected chi connectivity index (χ2v) is 7.07. The summed E-state index contributed by atoms with van der Waals surface area (Å²) in [4.78, 5) is 17.4. The first-order chi connectivity index (χ1) is 13.2. The first kappa shape index (κ1) is 19.0. The van der Waals surface area contributed by atoms with E-state index in [1.54, 1.807) is 19.3 Å². The lowest BCUT2D eigenvalue weighted by atomic mass is 10.1. The number of benzene rings is 1. The van der Waals surface area contributed by atoms with E-state index in [9.17, 15) is 4.79 Å². The normalized spacial score (nSPS) is 10.3. The number of nitrogens with zero attached hydrogens (tertiary/aromatic N) is 1. The van der Waals surface area contributed by atoms with Crippen LogP contribution in [0.15, 0.2) is 60.9 Å². The molecule has 0 amide bonds. The largest absolute Gasteiger partial charge is 0.462 e. The highest BCUT2D eigenvalue weighted by molar-refractivity contribution is 7.80. The highest BCUT2D eigenvalue weighted by Crippen LogP contribution is 2.35. The van der Waals surface area contributed by atoms with Gasteiger partial charge in [-0.1, -0.05) is 36.4 Å². The lowest BCUT2D eigenvalue weighted by molar-refractivity contribution is 0.0528. The fraction of sp³-hybridized carbons (Fsp3) is 0.150. The van der Waals surface area contributed by atoms with Crippen molar-refractivity contribution >= 4 is 39.6 Å². The van der Waals surface area contributed by atoms with E-state index in [-0.39, 0.29) is 5.97 Å². The third-order valence-corrected chi connectivity index (χ3v) is 5.03. The summed E-state index contributed by atoms with van der Waals surface area (Å²) in [5.74, 6) is -0.367. The number of anilines is 1. The smallest absolute Gasteiger partial charge is 0.341 e. The van der Waals surface area contributed by atoms with Gasteiger partial charge in [0, 0.05) is 23.8 Å². The molecule has 5 nitrogen and oxygen atoms in total. The molecule has 3 aromatic rings. The molecule has 0 saturated heterocycles. The van der Waals surface area contributed by atoms with E-state index < -0.39 is 0 Å². The molecule has 2 N–H and O–H groups in total. The maximum atomic E-state index is 12.3. The highest BCUT2D eigenvalue weighted by atomic mass is 32.1. The van der Waals surface area contributed by atoms with Crippen molar-refractivity contribution in [1.82, 2.24) is 10.3 Å². The van der Waals surface area contributed by atoms with Crippen LogP contribution in [0.2, 0.25) is 0 Å². The average molecular weight is 398 g/mol. The van der Waals surface area contributed by atoms with E-state index >= 15 is 0 Å². The Morgan fingerprint density at radius 2 is 2.04 bits per heavy atom. The van der Waals surface area contributed by atoms with Crippen molar-refractivity contribution in [2.24, 2.45) is 0 Å². The van der Waals surface area contributed by atoms with E-state index in [2.05, 4.69) is 15.6 Å². The summed E-state index contributed by atoms with van der Waals surface area (Å²) in [7, 11) is 0. The van der Waals surface area contributed by atoms with Gasteiger partial charge in [0.05, 0.1) is 12.2 Å². The van der Waals surface area contributed by atoms with E-state index in [0.29, 0.717) is 28.8 Å². The second-order valence-electron chi connectivity index (χ2n) is 5.61. The molecule has 0 spiro atoms. The second kappa shape index (κ2) is 9.25. The van der Waals surface area contributed by atoms with E-state index in [1.165, 1.54) is 11.3 Å². The van der Waals surface area contributed by atoms with Gasteiger partial charge >= 0.3 is 5.97 Å². The third-order valence-electron chi connectivity index (χ3n) is 3.69. The molecule has 2 aromatic heterocycles. The predicted octanol–water partition coefficient (Wildman–Crippen LogP) is 4.47. The Morgan fingerprint density at radius 1 is 1.22 bits per heavy atom. The van der Waals surface area contributed by atoms with Crippen LogP contribution in [-0.4, -0.2) is 22.7 Å². The number of thiophene rings is 1. The van der Waals surface area contributed by atoms with Crippen LogP contribution in [0.25, 0.3) is 10.4 Å². The molecular formula is C20H19N3O2S2. The van der Waals surface area contributed by atoms with Crippen LogP contribution in [0, 0.1) is 0 Å². The number of hydrogen-bond donors (Lipinski definition) is 2. The van der Waals surface area contributed by atoms with Gasteiger partial charge in [-0.15, -0.1) is 11.3 Å². The molecular weight excluding hydrogens is 378 g/mol. The zero-order valence-corrected chi connectivity index (χ0v) is 16.4. The van der Waals surface area contributed by atoms with Crippen LogP contribution in [0.4, 0.5) is 5.00 Å². The Morgan fingerprint density at radius 3 is 2.74 bits per heavy atom. The van der Waals surface area contributed by atoms with Gasteiger partial charge in [-0.3, -0.25) is 4.98 Å². The highest BCUT2D eigenvalue weighted by Gasteiger charge is 2.19. The minimum Gasteiger partial charge on any atom is -0.462 e.